The Bertz CT molecular complexity index is 873. The van der Waals surface area contributed by atoms with Gasteiger partial charge in [0.15, 0.2) is 5.82 Å². The van der Waals surface area contributed by atoms with Gasteiger partial charge in [0.1, 0.15) is 0 Å². The number of nitrogens with one attached hydrogen (secondary N) is 1. The zero-order chi connectivity index (χ0) is 15.8. The average Bonchev–Trinajstić information content (AvgIpc) is 2.97. The standard InChI is InChI=1S/C16H18N6O/c1-12-2-4-13(5-3-12)20-8-10-21(11-9-20)14-15-18-19-16(23)22(15)7-6-17-14/h2-7H,8-11H2,1H3,(H,19,23). The van der Waals surface area contributed by atoms with E-state index < -0.39 is 0 Å². The van der Waals surface area contributed by atoms with E-state index in [-0.39, 0.29) is 5.69 Å². The Labute approximate surface area is 133 Å². The fourth-order valence-corrected chi connectivity index (χ4v) is 2.98. The van der Waals surface area contributed by atoms with Crippen molar-refractivity contribution in [2.75, 3.05) is 36.0 Å². The van der Waals surface area contributed by atoms with Crippen molar-refractivity contribution in [2.45, 2.75) is 6.92 Å². The molecule has 3 heterocycles. The van der Waals surface area contributed by atoms with Crippen LogP contribution in [-0.2, 0) is 0 Å². The van der Waals surface area contributed by atoms with Crippen LogP contribution in [0.1, 0.15) is 5.56 Å². The second-order valence-corrected chi connectivity index (χ2v) is 5.78. The summed E-state index contributed by atoms with van der Waals surface area (Å²) in [6, 6.07) is 8.61. The molecule has 3 aromatic rings. The van der Waals surface area contributed by atoms with E-state index >= 15 is 0 Å². The summed E-state index contributed by atoms with van der Waals surface area (Å²) in [5, 5.41) is 6.56. The van der Waals surface area contributed by atoms with Crippen molar-refractivity contribution in [3.63, 3.8) is 0 Å². The van der Waals surface area contributed by atoms with Gasteiger partial charge in [-0.15, -0.1) is 5.10 Å². The summed E-state index contributed by atoms with van der Waals surface area (Å²) in [5.41, 5.74) is 2.87. The molecular formula is C16H18N6O. The second kappa shape index (κ2) is 5.42. The van der Waals surface area contributed by atoms with Crippen LogP contribution in [0.4, 0.5) is 11.5 Å². The zero-order valence-corrected chi connectivity index (χ0v) is 12.9. The molecule has 23 heavy (non-hydrogen) atoms. The van der Waals surface area contributed by atoms with Gasteiger partial charge in [0, 0.05) is 44.3 Å². The Morgan fingerprint density at radius 2 is 1.74 bits per heavy atom. The van der Waals surface area contributed by atoms with Gasteiger partial charge in [-0.25, -0.2) is 19.3 Å². The van der Waals surface area contributed by atoms with Crippen LogP contribution in [-0.4, -0.2) is 45.8 Å². The number of nitrogens with zero attached hydrogens (tertiary/aromatic N) is 5. The van der Waals surface area contributed by atoms with Gasteiger partial charge in [0.05, 0.1) is 0 Å². The highest BCUT2D eigenvalue weighted by molar-refractivity contribution is 5.64. The van der Waals surface area contributed by atoms with Crippen LogP contribution in [0.25, 0.3) is 5.65 Å². The maximum atomic E-state index is 11.7. The lowest BCUT2D eigenvalue weighted by molar-refractivity contribution is 0.647. The van der Waals surface area contributed by atoms with Crippen molar-refractivity contribution < 1.29 is 0 Å². The van der Waals surface area contributed by atoms with E-state index in [1.807, 2.05) is 0 Å². The molecule has 1 saturated heterocycles. The number of rotatable bonds is 2. The van der Waals surface area contributed by atoms with Gasteiger partial charge >= 0.3 is 5.69 Å². The number of benzene rings is 1. The predicted octanol–water partition coefficient (Wildman–Crippen LogP) is 1.05. The number of aromatic amines is 1. The van der Waals surface area contributed by atoms with E-state index in [0.717, 1.165) is 32.0 Å². The molecule has 0 unspecified atom stereocenters. The van der Waals surface area contributed by atoms with E-state index in [2.05, 4.69) is 56.2 Å². The van der Waals surface area contributed by atoms with E-state index in [0.29, 0.717) is 5.65 Å². The fraction of sp³-hybridized carbons (Fsp3) is 0.312. The SMILES string of the molecule is Cc1ccc(N2CCN(c3nccn4c(=O)[nH]nc34)CC2)cc1. The monoisotopic (exact) mass is 310 g/mol. The Morgan fingerprint density at radius 1 is 1.04 bits per heavy atom. The molecule has 1 aliphatic heterocycles. The molecule has 0 atom stereocenters. The second-order valence-electron chi connectivity index (χ2n) is 5.78. The van der Waals surface area contributed by atoms with Gasteiger partial charge in [-0.3, -0.25) is 0 Å². The summed E-state index contributed by atoms with van der Waals surface area (Å²) in [7, 11) is 0. The first kappa shape index (κ1) is 13.8. The fourth-order valence-electron chi connectivity index (χ4n) is 2.98. The van der Waals surface area contributed by atoms with Crippen molar-refractivity contribution in [2.24, 2.45) is 0 Å². The normalized spacial score (nSPS) is 15.3. The molecule has 1 aliphatic rings. The van der Waals surface area contributed by atoms with Gasteiger partial charge in [-0.2, -0.15) is 0 Å². The van der Waals surface area contributed by atoms with Crippen molar-refractivity contribution in [1.29, 1.82) is 0 Å². The predicted molar refractivity (Wildman–Crippen MR) is 89.2 cm³/mol. The van der Waals surface area contributed by atoms with Crippen molar-refractivity contribution in [3.8, 4) is 0 Å². The van der Waals surface area contributed by atoms with E-state index in [4.69, 9.17) is 0 Å². The highest BCUT2D eigenvalue weighted by atomic mass is 16.1. The van der Waals surface area contributed by atoms with Crippen molar-refractivity contribution in [3.05, 3.63) is 52.7 Å². The number of piperazine rings is 1. The van der Waals surface area contributed by atoms with Crippen LogP contribution in [0.2, 0.25) is 0 Å². The molecule has 4 rings (SSSR count). The number of hydrogen-bond donors (Lipinski definition) is 1. The first-order valence-electron chi connectivity index (χ1n) is 7.71. The smallest absolute Gasteiger partial charge is 0.347 e. The number of H-pyrrole nitrogens is 1. The molecule has 0 spiro atoms. The summed E-state index contributed by atoms with van der Waals surface area (Å²) in [4.78, 5) is 20.6. The largest absolute Gasteiger partial charge is 0.368 e. The third kappa shape index (κ3) is 2.44. The molecule has 7 heteroatoms. The third-order valence-electron chi connectivity index (χ3n) is 4.30. The summed E-state index contributed by atoms with van der Waals surface area (Å²) in [6.07, 6.45) is 3.28. The van der Waals surface area contributed by atoms with Crippen LogP contribution in [0.5, 0.6) is 0 Å². The lowest BCUT2D eigenvalue weighted by Crippen LogP contribution is -2.47. The van der Waals surface area contributed by atoms with Crippen molar-refractivity contribution in [1.82, 2.24) is 19.6 Å². The van der Waals surface area contributed by atoms with Gasteiger partial charge < -0.3 is 9.80 Å². The molecule has 0 aliphatic carbocycles. The minimum Gasteiger partial charge on any atom is -0.368 e. The lowest BCUT2D eigenvalue weighted by Gasteiger charge is -2.36. The maximum absolute atomic E-state index is 11.7. The molecule has 0 radical (unpaired) electrons. The summed E-state index contributed by atoms with van der Waals surface area (Å²) >= 11 is 0. The number of aromatic nitrogens is 4. The van der Waals surface area contributed by atoms with E-state index in [1.165, 1.54) is 15.7 Å². The van der Waals surface area contributed by atoms with Crippen LogP contribution in [0.15, 0.2) is 41.5 Å². The van der Waals surface area contributed by atoms with Crippen LogP contribution in [0, 0.1) is 6.92 Å². The van der Waals surface area contributed by atoms with Gasteiger partial charge in [0.2, 0.25) is 5.65 Å². The van der Waals surface area contributed by atoms with E-state index in [1.54, 1.807) is 12.4 Å². The third-order valence-corrected chi connectivity index (χ3v) is 4.30. The molecule has 2 aromatic heterocycles. The molecule has 7 nitrogen and oxygen atoms in total. The Balaban J connectivity index is 1.55. The number of hydrogen-bond acceptors (Lipinski definition) is 5. The van der Waals surface area contributed by atoms with Gasteiger partial charge in [-0.1, -0.05) is 17.7 Å². The highest BCUT2D eigenvalue weighted by Gasteiger charge is 2.21. The Morgan fingerprint density at radius 3 is 2.48 bits per heavy atom. The van der Waals surface area contributed by atoms with Crippen molar-refractivity contribution >= 4 is 17.2 Å². The molecule has 1 aromatic carbocycles. The topological polar surface area (TPSA) is 69.5 Å². The number of fused-ring (bicyclic) bond motifs is 1. The first-order chi connectivity index (χ1) is 11.2. The number of aryl methyl sites for hydroxylation is 1. The summed E-state index contributed by atoms with van der Waals surface area (Å²) in [5.74, 6) is 0.759. The first-order valence-corrected chi connectivity index (χ1v) is 7.71. The van der Waals surface area contributed by atoms with Gasteiger partial charge in [-0.05, 0) is 19.1 Å². The molecule has 1 fully saturated rings. The minimum atomic E-state index is -0.234. The summed E-state index contributed by atoms with van der Waals surface area (Å²) in [6.45, 7) is 5.63. The maximum Gasteiger partial charge on any atom is 0.347 e. The molecule has 0 amide bonds. The van der Waals surface area contributed by atoms with Crippen LogP contribution in [0.3, 0.4) is 0 Å². The minimum absolute atomic E-state index is 0.234. The molecular weight excluding hydrogens is 292 g/mol. The Kier molecular flexibility index (Phi) is 3.25. The average molecular weight is 310 g/mol. The molecule has 1 N–H and O–H groups in total. The molecule has 0 bridgehead atoms. The van der Waals surface area contributed by atoms with Gasteiger partial charge in [0.25, 0.3) is 0 Å². The van der Waals surface area contributed by atoms with Crippen LogP contribution >= 0.6 is 0 Å². The lowest BCUT2D eigenvalue weighted by atomic mass is 10.2. The molecule has 0 saturated carbocycles. The quantitative estimate of drug-likeness (QED) is 0.766. The summed E-state index contributed by atoms with van der Waals surface area (Å²) < 4.78 is 1.49. The highest BCUT2D eigenvalue weighted by Crippen LogP contribution is 2.21. The zero-order valence-electron chi connectivity index (χ0n) is 12.9. The number of anilines is 2. The Hall–Kier alpha value is -2.83. The van der Waals surface area contributed by atoms with Crippen LogP contribution < -0.4 is 15.5 Å². The van der Waals surface area contributed by atoms with E-state index in [9.17, 15) is 4.79 Å². The molecule has 118 valence electrons.